The second kappa shape index (κ2) is 12.5. The van der Waals surface area contributed by atoms with Crippen molar-refractivity contribution in [3.05, 3.63) is 85.5 Å². The molecule has 1 fully saturated rings. The van der Waals surface area contributed by atoms with Gasteiger partial charge in [-0.3, -0.25) is 9.69 Å². The third kappa shape index (κ3) is 6.76. The van der Waals surface area contributed by atoms with Crippen LogP contribution in [0.2, 0.25) is 0 Å². The molecule has 0 spiro atoms. The summed E-state index contributed by atoms with van der Waals surface area (Å²) in [5.41, 5.74) is 3.82. The van der Waals surface area contributed by atoms with E-state index >= 15 is 0 Å². The third-order valence-corrected chi connectivity index (χ3v) is 6.46. The molecule has 0 radical (unpaired) electrons. The zero-order chi connectivity index (χ0) is 27.0. The van der Waals surface area contributed by atoms with Gasteiger partial charge in [-0.2, -0.15) is 0 Å². The van der Waals surface area contributed by atoms with Gasteiger partial charge in [-0.1, -0.05) is 30.8 Å². The Balaban J connectivity index is 1.38. The van der Waals surface area contributed by atoms with Crippen LogP contribution in [-0.2, 0) is 9.53 Å². The van der Waals surface area contributed by atoms with Crippen molar-refractivity contribution in [2.45, 2.75) is 6.42 Å². The highest BCUT2D eigenvalue weighted by molar-refractivity contribution is 6.03. The molecule has 0 bridgehead atoms. The molecule has 1 aliphatic rings. The van der Waals surface area contributed by atoms with Crippen LogP contribution in [0.4, 0.5) is 21.6 Å². The molecule has 0 aliphatic carbocycles. The van der Waals surface area contributed by atoms with Gasteiger partial charge in [0.15, 0.2) is 0 Å². The molecule has 1 amide bonds. The van der Waals surface area contributed by atoms with Crippen LogP contribution >= 0.6 is 0 Å². The number of amides is 1. The molecule has 9 heteroatoms. The van der Waals surface area contributed by atoms with E-state index in [1.807, 2.05) is 30.3 Å². The molecule has 1 aromatic heterocycles. The average molecular weight is 528 g/mol. The van der Waals surface area contributed by atoms with Crippen molar-refractivity contribution in [2.75, 3.05) is 50.1 Å². The molecule has 3 aromatic carbocycles. The molecule has 1 saturated heterocycles. The van der Waals surface area contributed by atoms with Crippen LogP contribution in [0.25, 0.3) is 22.0 Å². The van der Waals surface area contributed by atoms with Crippen molar-refractivity contribution in [1.29, 1.82) is 0 Å². The van der Waals surface area contributed by atoms with E-state index < -0.39 is 0 Å². The van der Waals surface area contributed by atoms with Crippen molar-refractivity contribution >= 4 is 34.0 Å². The topological polar surface area (TPSA) is 88.6 Å². The summed E-state index contributed by atoms with van der Waals surface area (Å²) in [6.45, 7) is 8.34. The van der Waals surface area contributed by atoms with Crippen molar-refractivity contribution in [2.24, 2.45) is 0 Å². The van der Waals surface area contributed by atoms with Gasteiger partial charge >= 0.3 is 0 Å². The Morgan fingerprint density at radius 2 is 1.90 bits per heavy atom. The normalized spacial score (nSPS) is 13.7. The van der Waals surface area contributed by atoms with Gasteiger partial charge in [0.2, 0.25) is 5.91 Å². The first-order chi connectivity index (χ1) is 19.1. The number of hydrogen-bond acceptors (Lipinski definition) is 7. The van der Waals surface area contributed by atoms with Crippen molar-refractivity contribution in [3.8, 4) is 16.9 Å². The van der Waals surface area contributed by atoms with Crippen LogP contribution in [0.3, 0.4) is 0 Å². The first kappa shape index (κ1) is 26.3. The Bertz CT molecular complexity index is 1460. The highest BCUT2D eigenvalue weighted by atomic mass is 19.1. The van der Waals surface area contributed by atoms with Crippen LogP contribution in [0, 0.1) is 5.82 Å². The summed E-state index contributed by atoms with van der Waals surface area (Å²) in [7, 11) is 0. The monoisotopic (exact) mass is 527 g/mol. The quantitative estimate of drug-likeness (QED) is 0.211. The highest BCUT2D eigenvalue weighted by Gasteiger charge is 2.14. The number of morpholine rings is 1. The summed E-state index contributed by atoms with van der Waals surface area (Å²) >= 11 is 0. The van der Waals surface area contributed by atoms with E-state index in [9.17, 15) is 9.18 Å². The number of anilines is 3. The largest absolute Gasteiger partial charge is 0.491 e. The van der Waals surface area contributed by atoms with E-state index in [0.29, 0.717) is 34.8 Å². The number of aromatic nitrogens is 2. The summed E-state index contributed by atoms with van der Waals surface area (Å²) in [6.07, 6.45) is 3.54. The number of nitrogens with one attached hydrogen (secondary N) is 2. The minimum Gasteiger partial charge on any atom is -0.491 e. The molecule has 4 aromatic rings. The van der Waals surface area contributed by atoms with Crippen LogP contribution in [0.15, 0.2) is 79.6 Å². The van der Waals surface area contributed by atoms with Gasteiger partial charge in [0, 0.05) is 36.8 Å². The Kier molecular flexibility index (Phi) is 8.40. The van der Waals surface area contributed by atoms with Gasteiger partial charge < -0.3 is 20.1 Å². The summed E-state index contributed by atoms with van der Waals surface area (Å²) in [4.78, 5) is 23.4. The van der Waals surface area contributed by atoms with Gasteiger partial charge in [0.05, 0.1) is 31.0 Å². The molecule has 39 heavy (non-hydrogen) atoms. The molecule has 2 heterocycles. The SMILES string of the molecule is C=CC(=O)Nc1cc2c(Nc3cccc(-c4ccc(F)cc4)c3)ncnc2cc1OCCCN1CCOCC1. The molecule has 8 nitrogen and oxygen atoms in total. The molecule has 0 saturated carbocycles. The maximum Gasteiger partial charge on any atom is 0.247 e. The lowest BCUT2D eigenvalue weighted by Crippen LogP contribution is -2.37. The Labute approximate surface area is 226 Å². The van der Waals surface area contributed by atoms with Crippen LogP contribution < -0.4 is 15.4 Å². The smallest absolute Gasteiger partial charge is 0.247 e. The Morgan fingerprint density at radius 1 is 1.08 bits per heavy atom. The van der Waals surface area contributed by atoms with Gasteiger partial charge in [-0.05, 0) is 54.0 Å². The second-order valence-corrected chi connectivity index (χ2v) is 9.15. The number of halogens is 1. The van der Waals surface area contributed by atoms with E-state index in [2.05, 4.69) is 32.1 Å². The van der Waals surface area contributed by atoms with E-state index in [-0.39, 0.29) is 11.7 Å². The lowest BCUT2D eigenvalue weighted by Gasteiger charge is -2.26. The van der Waals surface area contributed by atoms with Crippen molar-refractivity contribution in [1.82, 2.24) is 14.9 Å². The van der Waals surface area contributed by atoms with Gasteiger partial charge in [0.25, 0.3) is 0 Å². The fourth-order valence-electron chi connectivity index (χ4n) is 4.44. The Hall–Kier alpha value is -4.34. The van der Waals surface area contributed by atoms with Crippen LogP contribution in [0.1, 0.15) is 6.42 Å². The van der Waals surface area contributed by atoms with E-state index in [1.54, 1.807) is 18.2 Å². The van der Waals surface area contributed by atoms with E-state index in [1.165, 1.54) is 24.5 Å². The van der Waals surface area contributed by atoms with Crippen molar-refractivity contribution in [3.63, 3.8) is 0 Å². The summed E-state index contributed by atoms with van der Waals surface area (Å²) in [5, 5.41) is 6.92. The maximum absolute atomic E-state index is 13.4. The zero-order valence-electron chi connectivity index (χ0n) is 21.5. The van der Waals surface area contributed by atoms with Crippen molar-refractivity contribution < 1.29 is 18.7 Å². The first-order valence-electron chi connectivity index (χ1n) is 12.9. The summed E-state index contributed by atoms with van der Waals surface area (Å²) in [5.74, 6) is 0.484. The highest BCUT2D eigenvalue weighted by Crippen LogP contribution is 2.34. The average Bonchev–Trinajstić information content (AvgIpc) is 2.97. The molecule has 1 aliphatic heterocycles. The molecule has 0 atom stereocenters. The van der Waals surface area contributed by atoms with Crippen LogP contribution in [-0.4, -0.2) is 60.2 Å². The lowest BCUT2D eigenvalue weighted by molar-refractivity contribution is -0.111. The zero-order valence-corrected chi connectivity index (χ0v) is 21.5. The third-order valence-electron chi connectivity index (χ3n) is 6.46. The molecule has 0 unspecified atom stereocenters. The molecular weight excluding hydrogens is 497 g/mol. The lowest BCUT2D eigenvalue weighted by atomic mass is 10.1. The number of carbonyl (C=O) groups excluding carboxylic acids is 1. The van der Waals surface area contributed by atoms with Gasteiger partial charge in [-0.15, -0.1) is 0 Å². The minimum atomic E-state index is -0.342. The molecule has 5 rings (SSSR count). The van der Waals surface area contributed by atoms with Gasteiger partial charge in [0.1, 0.15) is 23.7 Å². The summed E-state index contributed by atoms with van der Waals surface area (Å²) in [6, 6.07) is 17.7. The maximum atomic E-state index is 13.4. The van der Waals surface area contributed by atoms with Gasteiger partial charge in [-0.25, -0.2) is 14.4 Å². The molecular formula is C30H30FN5O3. The molecule has 200 valence electrons. The molecule has 2 N–H and O–H groups in total. The fraction of sp³-hybridized carbons (Fsp3) is 0.233. The van der Waals surface area contributed by atoms with E-state index in [0.717, 1.165) is 56.1 Å². The number of nitrogens with zero attached hydrogens (tertiary/aromatic N) is 3. The number of fused-ring (bicyclic) bond motifs is 1. The Morgan fingerprint density at radius 3 is 2.69 bits per heavy atom. The second-order valence-electron chi connectivity index (χ2n) is 9.15. The number of ether oxygens (including phenoxy) is 2. The standard InChI is InChI=1S/C30H30FN5O3/c1-2-29(37)35-27-18-25-26(19-28(27)39-14-4-11-36-12-15-38-16-13-36)32-20-33-30(25)34-24-6-3-5-22(17-24)21-7-9-23(31)10-8-21/h2-3,5-10,17-20H,1,4,11-16H2,(H,35,37)(H,32,33,34). The number of hydrogen-bond donors (Lipinski definition) is 2. The number of benzene rings is 3. The van der Waals surface area contributed by atoms with Crippen LogP contribution in [0.5, 0.6) is 5.75 Å². The fourth-order valence-corrected chi connectivity index (χ4v) is 4.44. The number of carbonyl (C=O) groups is 1. The predicted octanol–water partition coefficient (Wildman–Crippen LogP) is 5.41. The number of rotatable bonds is 10. The minimum absolute atomic E-state index is 0.278. The summed E-state index contributed by atoms with van der Waals surface area (Å²) < 4.78 is 24.9. The predicted molar refractivity (Wildman–Crippen MR) is 151 cm³/mol. The van der Waals surface area contributed by atoms with E-state index in [4.69, 9.17) is 9.47 Å². The first-order valence-corrected chi connectivity index (χ1v) is 12.9.